The Morgan fingerprint density at radius 1 is 1.00 bits per heavy atom. The number of rotatable bonds is 11. The first kappa shape index (κ1) is 22.7. The first-order valence-electron chi connectivity index (χ1n) is 9.78. The molecule has 0 saturated carbocycles. The molecule has 0 aliphatic carbocycles. The van der Waals surface area contributed by atoms with E-state index in [9.17, 15) is 14.9 Å². The van der Waals surface area contributed by atoms with Gasteiger partial charge in [-0.2, -0.15) is 0 Å². The molecule has 0 aromatic heterocycles. The number of nitro benzene ring substituents is 1. The molecule has 1 N–H and O–H groups in total. The number of amides is 1. The standard InChI is InChI=1S/C22H26N2O6/c1-4-13-30-19-10-7-16(14-18(19)24(26)27)8-12-22(25)23-17-9-11-20(28-5-2)21(15-17)29-6-3/h7-12,14-15H,4-6,13H2,1-3H3,(H,23,25)/b12-8+. The second kappa shape index (κ2) is 11.5. The zero-order valence-corrected chi connectivity index (χ0v) is 17.3. The van der Waals surface area contributed by atoms with Crippen LogP contribution in [-0.4, -0.2) is 30.7 Å². The molecule has 8 nitrogen and oxygen atoms in total. The van der Waals surface area contributed by atoms with Crippen molar-refractivity contribution in [1.82, 2.24) is 0 Å². The Balaban J connectivity index is 2.11. The van der Waals surface area contributed by atoms with Crippen LogP contribution in [-0.2, 0) is 4.79 Å². The van der Waals surface area contributed by atoms with Gasteiger partial charge in [0, 0.05) is 23.9 Å². The first-order valence-corrected chi connectivity index (χ1v) is 9.78. The fraction of sp³-hybridized carbons (Fsp3) is 0.318. The first-order chi connectivity index (χ1) is 14.5. The molecule has 30 heavy (non-hydrogen) atoms. The van der Waals surface area contributed by atoms with Crippen LogP contribution in [0.25, 0.3) is 6.08 Å². The van der Waals surface area contributed by atoms with Crippen molar-refractivity contribution in [2.24, 2.45) is 0 Å². The van der Waals surface area contributed by atoms with Gasteiger partial charge in [-0.25, -0.2) is 0 Å². The second-order valence-electron chi connectivity index (χ2n) is 6.18. The average Bonchev–Trinajstić information content (AvgIpc) is 2.73. The van der Waals surface area contributed by atoms with Gasteiger partial charge in [0.1, 0.15) is 0 Å². The fourth-order valence-corrected chi connectivity index (χ4v) is 2.60. The zero-order chi connectivity index (χ0) is 21.9. The zero-order valence-electron chi connectivity index (χ0n) is 17.3. The summed E-state index contributed by atoms with van der Waals surface area (Å²) < 4.78 is 16.4. The number of nitro groups is 1. The minimum atomic E-state index is -0.502. The van der Waals surface area contributed by atoms with Crippen LogP contribution in [0.5, 0.6) is 17.2 Å². The van der Waals surface area contributed by atoms with Crippen molar-refractivity contribution >= 4 is 23.4 Å². The molecule has 0 aliphatic heterocycles. The smallest absolute Gasteiger partial charge is 0.311 e. The van der Waals surface area contributed by atoms with E-state index in [-0.39, 0.29) is 17.3 Å². The molecule has 0 heterocycles. The highest BCUT2D eigenvalue weighted by Crippen LogP contribution is 2.31. The van der Waals surface area contributed by atoms with E-state index in [0.29, 0.717) is 42.6 Å². The summed E-state index contributed by atoms with van der Waals surface area (Å²) in [6, 6.07) is 9.69. The van der Waals surface area contributed by atoms with Crippen LogP contribution in [0, 0.1) is 10.1 Å². The van der Waals surface area contributed by atoms with E-state index < -0.39 is 4.92 Å². The summed E-state index contributed by atoms with van der Waals surface area (Å²) in [5.74, 6) is 0.974. The maximum Gasteiger partial charge on any atom is 0.311 e. The van der Waals surface area contributed by atoms with Gasteiger partial charge in [-0.3, -0.25) is 14.9 Å². The van der Waals surface area contributed by atoms with Crippen LogP contribution in [0.15, 0.2) is 42.5 Å². The van der Waals surface area contributed by atoms with Gasteiger partial charge in [-0.15, -0.1) is 0 Å². The second-order valence-corrected chi connectivity index (χ2v) is 6.18. The van der Waals surface area contributed by atoms with Gasteiger partial charge < -0.3 is 19.5 Å². The third-order valence-electron chi connectivity index (χ3n) is 3.88. The Morgan fingerprint density at radius 2 is 1.70 bits per heavy atom. The van der Waals surface area contributed by atoms with E-state index >= 15 is 0 Å². The Labute approximate surface area is 175 Å². The number of carbonyl (C=O) groups excluding carboxylic acids is 1. The predicted octanol–water partition coefficient (Wildman–Crippen LogP) is 4.83. The van der Waals surface area contributed by atoms with Crippen LogP contribution in [0.2, 0.25) is 0 Å². The van der Waals surface area contributed by atoms with Crippen molar-refractivity contribution in [1.29, 1.82) is 0 Å². The van der Waals surface area contributed by atoms with Crippen molar-refractivity contribution in [3.63, 3.8) is 0 Å². The lowest BCUT2D eigenvalue weighted by Gasteiger charge is -2.12. The van der Waals surface area contributed by atoms with Crippen molar-refractivity contribution in [2.75, 3.05) is 25.1 Å². The van der Waals surface area contributed by atoms with Crippen molar-refractivity contribution in [3.8, 4) is 17.2 Å². The van der Waals surface area contributed by atoms with E-state index in [4.69, 9.17) is 14.2 Å². The van der Waals surface area contributed by atoms with Gasteiger partial charge in [-0.1, -0.05) is 13.0 Å². The molecular formula is C22H26N2O6. The third kappa shape index (κ3) is 6.51. The number of anilines is 1. The predicted molar refractivity (Wildman–Crippen MR) is 115 cm³/mol. The summed E-state index contributed by atoms with van der Waals surface area (Å²) in [6.45, 7) is 7.02. The lowest BCUT2D eigenvalue weighted by Crippen LogP contribution is -2.08. The molecule has 0 atom stereocenters. The highest BCUT2D eigenvalue weighted by atomic mass is 16.6. The monoisotopic (exact) mass is 414 g/mol. The number of nitrogens with zero attached hydrogens (tertiary/aromatic N) is 1. The van der Waals surface area contributed by atoms with Gasteiger partial charge in [0.15, 0.2) is 17.2 Å². The molecule has 2 rings (SSSR count). The summed E-state index contributed by atoms with van der Waals surface area (Å²) in [6.07, 6.45) is 3.56. The molecule has 2 aromatic rings. The van der Waals surface area contributed by atoms with Crippen molar-refractivity contribution < 1.29 is 23.9 Å². The molecule has 160 valence electrons. The van der Waals surface area contributed by atoms with Crippen LogP contribution in [0.1, 0.15) is 32.8 Å². The minimum absolute atomic E-state index is 0.140. The van der Waals surface area contributed by atoms with Crippen LogP contribution < -0.4 is 19.5 Å². The van der Waals surface area contributed by atoms with E-state index in [1.165, 1.54) is 24.3 Å². The molecule has 0 radical (unpaired) electrons. The molecule has 0 spiro atoms. The average molecular weight is 414 g/mol. The Bertz CT molecular complexity index is 910. The minimum Gasteiger partial charge on any atom is -0.490 e. The van der Waals surface area contributed by atoms with Crippen LogP contribution >= 0.6 is 0 Å². The van der Waals surface area contributed by atoms with Crippen LogP contribution in [0.4, 0.5) is 11.4 Å². The van der Waals surface area contributed by atoms with Gasteiger partial charge in [0.25, 0.3) is 0 Å². The quantitative estimate of drug-likeness (QED) is 0.321. The summed E-state index contributed by atoms with van der Waals surface area (Å²) >= 11 is 0. The SMILES string of the molecule is CCCOc1ccc(/C=C/C(=O)Nc2ccc(OCC)c(OCC)c2)cc1[N+](=O)[O-]. The summed E-state index contributed by atoms with van der Waals surface area (Å²) in [5.41, 5.74) is 0.923. The van der Waals surface area contributed by atoms with E-state index in [2.05, 4.69) is 5.32 Å². The van der Waals surface area contributed by atoms with Gasteiger partial charge in [-0.05, 0) is 50.1 Å². The normalized spacial score (nSPS) is 10.6. The van der Waals surface area contributed by atoms with E-state index in [1.807, 2.05) is 20.8 Å². The number of carbonyl (C=O) groups is 1. The fourth-order valence-electron chi connectivity index (χ4n) is 2.60. The summed E-state index contributed by atoms with van der Waals surface area (Å²) in [7, 11) is 0. The largest absolute Gasteiger partial charge is 0.490 e. The van der Waals surface area contributed by atoms with Gasteiger partial charge in [0.05, 0.1) is 24.7 Å². The molecule has 0 aliphatic rings. The summed E-state index contributed by atoms with van der Waals surface area (Å²) in [5, 5.41) is 14.0. The lowest BCUT2D eigenvalue weighted by molar-refractivity contribution is -0.385. The Morgan fingerprint density at radius 3 is 2.37 bits per heavy atom. The number of hydrogen-bond donors (Lipinski definition) is 1. The topological polar surface area (TPSA) is 99.9 Å². The Hall–Kier alpha value is -3.55. The molecule has 8 heteroatoms. The Kier molecular flexibility index (Phi) is 8.68. The highest BCUT2D eigenvalue weighted by Gasteiger charge is 2.15. The van der Waals surface area contributed by atoms with Gasteiger partial charge in [0.2, 0.25) is 5.91 Å². The lowest BCUT2D eigenvalue weighted by atomic mass is 10.1. The van der Waals surface area contributed by atoms with Gasteiger partial charge >= 0.3 is 5.69 Å². The van der Waals surface area contributed by atoms with Crippen LogP contribution in [0.3, 0.4) is 0 Å². The number of nitrogens with one attached hydrogen (secondary N) is 1. The molecule has 0 fully saturated rings. The highest BCUT2D eigenvalue weighted by molar-refractivity contribution is 6.02. The molecular weight excluding hydrogens is 388 g/mol. The third-order valence-corrected chi connectivity index (χ3v) is 3.88. The number of benzene rings is 2. The van der Waals surface area contributed by atoms with E-state index in [0.717, 1.165) is 6.42 Å². The maximum absolute atomic E-state index is 12.3. The number of ether oxygens (including phenoxy) is 3. The number of hydrogen-bond acceptors (Lipinski definition) is 6. The maximum atomic E-state index is 12.3. The van der Waals surface area contributed by atoms with Crippen molar-refractivity contribution in [3.05, 3.63) is 58.2 Å². The molecule has 1 amide bonds. The summed E-state index contributed by atoms with van der Waals surface area (Å²) in [4.78, 5) is 23.0. The molecule has 2 aromatic carbocycles. The van der Waals surface area contributed by atoms with Crippen molar-refractivity contribution in [2.45, 2.75) is 27.2 Å². The molecule has 0 saturated heterocycles. The molecule has 0 unspecified atom stereocenters. The van der Waals surface area contributed by atoms with E-state index in [1.54, 1.807) is 24.3 Å². The molecule has 0 bridgehead atoms.